The first-order chi connectivity index (χ1) is 26.1. The molecule has 0 unspecified atom stereocenters. The van der Waals surface area contributed by atoms with Gasteiger partial charge >= 0.3 is 11.9 Å². The van der Waals surface area contributed by atoms with Crippen LogP contribution < -0.4 is 21.3 Å². The second kappa shape index (κ2) is 26.6. The standard InChI is InChI=1S/C34H40I6N4O11/c1-3-5-19(45)41-15-17-25(35)23(33(49)50)29(39)31(27(17)37)43-21(47)7-9-53-11-13-55-14-12-54-10-8-22(48)44-32-28(38)18(16-42-20(46)6-4-2)26(36)24(30(32)40)34(51)52/h3-16H2,1-2H3,(H,41,45)(H,42,46)(H,43,47)(H,44,48)(H,49,50)(H,51,52). The fraction of sp³-hybridized carbons (Fsp3) is 0.471. The van der Waals surface area contributed by atoms with E-state index in [0.717, 1.165) is 0 Å². The van der Waals surface area contributed by atoms with Crippen molar-refractivity contribution in [3.05, 3.63) is 43.7 Å². The molecule has 0 spiro atoms. The quantitative estimate of drug-likeness (QED) is 0.0467. The third-order valence-corrected chi connectivity index (χ3v) is 14.3. The molecule has 0 atom stereocenters. The van der Waals surface area contributed by atoms with Gasteiger partial charge in [-0.25, -0.2) is 9.59 Å². The van der Waals surface area contributed by atoms with Crippen LogP contribution >= 0.6 is 136 Å². The van der Waals surface area contributed by atoms with Gasteiger partial charge in [-0.3, -0.25) is 19.2 Å². The summed E-state index contributed by atoms with van der Waals surface area (Å²) in [7, 11) is 0. The van der Waals surface area contributed by atoms with E-state index in [1.54, 1.807) is 0 Å². The zero-order valence-electron chi connectivity index (χ0n) is 29.7. The average molecular weight is 1440 g/mol. The molecule has 0 fully saturated rings. The Morgan fingerprint density at radius 1 is 0.473 bits per heavy atom. The lowest BCUT2D eigenvalue weighted by Crippen LogP contribution is -2.25. The normalized spacial score (nSPS) is 10.9. The molecule has 0 saturated carbocycles. The molecule has 0 aliphatic carbocycles. The van der Waals surface area contributed by atoms with Crippen molar-refractivity contribution in [1.29, 1.82) is 0 Å². The maximum absolute atomic E-state index is 12.8. The van der Waals surface area contributed by atoms with Crippen molar-refractivity contribution in [2.75, 3.05) is 50.3 Å². The van der Waals surface area contributed by atoms with E-state index in [-0.39, 0.29) is 100 Å². The van der Waals surface area contributed by atoms with Crippen LogP contribution in [0.2, 0.25) is 0 Å². The van der Waals surface area contributed by atoms with E-state index in [2.05, 4.69) is 66.4 Å². The summed E-state index contributed by atoms with van der Waals surface area (Å²) in [6, 6.07) is 0. The Kier molecular flexibility index (Phi) is 24.5. The molecule has 55 heavy (non-hydrogen) atoms. The number of amides is 4. The number of aromatic carboxylic acids is 2. The molecule has 2 aromatic rings. The summed E-state index contributed by atoms with van der Waals surface area (Å²) in [6.07, 6.45) is 2.10. The van der Waals surface area contributed by atoms with Gasteiger partial charge < -0.3 is 45.7 Å². The van der Waals surface area contributed by atoms with Crippen molar-refractivity contribution in [3.8, 4) is 0 Å². The van der Waals surface area contributed by atoms with Crippen LogP contribution in [0.1, 0.15) is 84.2 Å². The van der Waals surface area contributed by atoms with Crippen LogP contribution in [-0.2, 0) is 46.5 Å². The lowest BCUT2D eigenvalue weighted by atomic mass is 10.1. The lowest BCUT2D eigenvalue weighted by molar-refractivity contribution is -0.122. The van der Waals surface area contributed by atoms with Crippen LogP contribution in [0.15, 0.2) is 0 Å². The summed E-state index contributed by atoms with van der Waals surface area (Å²) >= 11 is 11.8. The fourth-order valence-electron chi connectivity index (χ4n) is 4.62. The minimum Gasteiger partial charge on any atom is -0.478 e. The highest BCUT2D eigenvalue weighted by Crippen LogP contribution is 2.37. The van der Waals surface area contributed by atoms with Gasteiger partial charge in [0.25, 0.3) is 0 Å². The number of carbonyl (C=O) groups is 6. The monoisotopic (exact) mass is 1440 g/mol. The van der Waals surface area contributed by atoms with Gasteiger partial charge in [-0.05, 0) is 148 Å². The molecule has 0 saturated heterocycles. The number of carboxylic acids is 2. The predicted molar refractivity (Wildman–Crippen MR) is 256 cm³/mol. The Hall–Kier alpha value is -0.480. The number of ether oxygens (including phenoxy) is 3. The van der Waals surface area contributed by atoms with Gasteiger partial charge in [-0.15, -0.1) is 0 Å². The fourth-order valence-corrected chi connectivity index (χ4v) is 13.2. The number of nitrogens with one attached hydrogen (secondary N) is 4. The Morgan fingerprint density at radius 3 is 1.11 bits per heavy atom. The molecule has 0 bridgehead atoms. The number of benzene rings is 2. The molecule has 15 nitrogen and oxygen atoms in total. The van der Waals surface area contributed by atoms with E-state index in [1.165, 1.54) is 0 Å². The maximum Gasteiger partial charge on any atom is 0.337 e. The van der Waals surface area contributed by atoms with Gasteiger partial charge in [0.05, 0.1) is 82.1 Å². The number of hydrogen-bond acceptors (Lipinski definition) is 9. The largest absolute Gasteiger partial charge is 0.478 e. The van der Waals surface area contributed by atoms with Gasteiger partial charge in [0.1, 0.15) is 0 Å². The molecule has 0 aliphatic rings. The van der Waals surface area contributed by atoms with Gasteiger partial charge in [-0.1, -0.05) is 13.8 Å². The SMILES string of the molecule is CCCC(=O)NCc1c(I)c(NC(=O)CCOCCOCCOCCC(=O)Nc2c(I)c(CNC(=O)CCC)c(I)c(C(=O)O)c2I)c(I)c(C(=O)O)c1I. The van der Waals surface area contributed by atoms with Crippen LogP contribution in [0, 0.1) is 21.4 Å². The topological polar surface area (TPSA) is 219 Å². The predicted octanol–water partition coefficient (Wildman–Crippen LogP) is 6.95. The summed E-state index contributed by atoms with van der Waals surface area (Å²) in [5.74, 6) is -3.29. The minimum atomic E-state index is -1.14. The van der Waals surface area contributed by atoms with E-state index < -0.39 is 11.9 Å². The van der Waals surface area contributed by atoms with E-state index in [0.29, 0.717) is 69.6 Å². The van der Waals surface area contributed by atoms with Gasteiger partial charge in [-0.2, -0.15) is 0 Å². The van der Waals surface area contributed by atoms with Crippen molar-refractivity contribution in [2.24, 2.45) is 0 Å². The molecule has 0 aromatic heterocycles. The Morgan fingerprint density at radius 2 is 0.800 bits per heavy atom. The van der Waals surface area contributed by atoms with Crippen LogP contribution in [0.4, 0.5) is 11.4 Å². The molecule has 0 heterocycles. The van der Waals surface area contributed by atoms with Crippen LogP contribution in [-0.4, -0.2) is 85.4 Å². The highest BCUT2D eigenvalue weighted by atomic mass is 127. The minimum absolute atomic E-state index is 0.0169. The molecule has 304 valence electrons. The third kappa shape index (κ3) is 16.2. The summed E-state index contributed by atoms with van der Waals surface area (Å²) in [5.41, 5.74) is 2.08. The van der Waals surface area contributed by atoms with E-state index in [1.807, 2.05) is 104 Å². The Labute approximate surface area is 400 Å². The van der Waals surface area contributed by atoms with E-state index >= 15 is 0 Å². The summed E-state index contributed by atoms with van der Waals surface area (Å²) < 4.78 is 19.6. The summed E-state index contributed by atoms with van der Waals surface area (Å²) in [6.45, 7) is 5.16. The van der Waals surface area contributed by atoms with Crippen molar-refractivity contribution >= 4 is 182 Å². The van der Waals surface area contributed by atoms with Crippen molar-refractivity contribution in [3.63, 3.8) is 0 Å². The van der Waals surface area contributed by atoms with Gasteiger partial charge in [0, 0.05) is 51.3 Å². The van der Waals surface area contributed by atoms with E-state index in [9.17, 15) is 39.0 Å². The maximum atomic E-state index is 12.8. The Bertz CT molecular complexity index is 1620. The molecule has 6 N–H and O–H groups in total. The Balaban J connectivity index is 1.77. The molecule has 0 aliphatic heterocycles. The number of anilines is 2. The lowest BCUT2D eigenvalue weighted by Gasteiger charge is -2.19. The summed E-state index contributed by atoms with van der Waals surface area (Å²) in [5, 5.41) is 31.0. The van der Waals surface area contributed by atoms with Gasteiger partial charge in [0.2, 0.25) is 23.6 Å². The molecule has 0 radical (unpaired) electrons. The zero-order valence-corrected chi connectivity index (χ0v) is 42.7. The van der Waals surface area contributed by atoms with E-state index in [4.69, 9.17) is 14.2 Å². The first-order valence-corrected chi connectivity index (χ1v) is 23.3. The smallest absolute Gasteiger partial charge is 0.337 e. The van der Waals surface area contributed by atoms with Crippen molar-refractivity contribution in [2.45, 2.75) is 65.5 Å². The highest BCUT2D eigenvalue weighted by Gasteiger charge is 2.27. The average Bonchev–Trinajstić information content (AvgIpc) is 3.10. The first-order valence-electron chi connectivity index (χ1n) is 16.8. The molecular formula is C34H40I6N4O11. The third-order valence-electron chi connectivity index (χ3n) is 7.34. The molecular weight excluding hydrogens is 1400 g/mol. The van der Waals surface area contributed by atoms with Crippen LogP contribution in [0.3, 0.4) is 0 Å². The van der Waals surface area contributed by atoms with Crippen LogP contribution in [0.5, 0.6) is 0 Å². The second-order valence-corrected chi connectivity index (χ2v) is 17.9. The molecule has 21 heteroatoms. The van der Waals surface area contributed by atoms with Crippen molar-refractivity contribution in [1.82, 2.24) is 10.6 Å². The molecule has 2 rings (SSSR count). The summed E-state index contributed by atoms with van der Waals surface area (Å²) in [4.78, 5) is 73.8. The second-order valence-electron chi connectivity index (χ2n) is 11.4. The molecule has 4 amide bonds. The number of carbonyl (C=O) groups excluding carboxylic acids is 4. The number of hydrogen-bond donors (Lipinski definition) is 6. The first kappa shape index (κ1) is 50.7. The number of carboxylic acid groups (broad SMARTS) is 2. The van der Waals surface area contributed by atoms with Crippen molar-refractivity contribution < 1.29 is 53.2 Å². The zero-order chi connectivity index (χ0) is 41.2. The number of rotatable bonds is 24. The van der Waals surface area contributed by atoms with Crippen LogP contribution in [0.25, 0.3) is 0 Å². The number of halogens is 6. The van der Waals surface area contributed by atoms with Gasteiger partial charge in [0.15, 0.2) is 0 Å². The molecule has 2 aromatic carbocycles. The highest BCUT2D eigenvalue weighted by molar-refractivity contribution is 14.1.